The van der Waals surface area contributed by atoms with E-state index in [-0.39, 0.29) is 30.4 Å². The van der Waals surface area contributed by atoms with Gasteiger partial charge in [-0.05, 0) is 55.3 Å². The SMILES string of the molecule is CC(C)(C)CCC(CCC(F)(F)F)N1CC[C@@H](CC(=O)O)C(F)(F)[C@H]1c1ccc(C(F)(F)F)cc1. The van der Waals surface area contributed by atoms with Gasteiger partial charge in [0.1, 0.15) is 0 Å². The molecule has 0 spiro atoms. The van der Waals surface area contributed by atoms with Crippen LogP contribution in [0.15, 0.2) is 24.3 Å². The second-order valence-electron chi connectivity index (χ2n) is 10.4. The number of hydrogen-bond donors (Lipinski definition) is 1. The molecule has 0 amide bonds. The first-order valence-corrected chi connectivity index (χ1v) is 11.4. The van der Waals surface area contributed by atoms with Gasteiger partial charge < -0.3 is 5.11 Å². The van der Waals surface area contributed by atoms with Crippen LogP contribution in [-0.2, 0) is 11.0 Å². The molecule has 1 fully saturated rings. The summed E-state index contributed by atoms with van der Waals surface area (Å²) in [5, 5.41) is 9.11. The van der Waals surface area contributed by atoms with Crippen LogP contribution in [0.3, 0.4) is 0 Å². The Hall–Kier alpha value is -1.91. The Balaban J connectivity index is 2.51. The fourth-order valence-electron chi connectivity index (χ4n) is 4.59. The lowest BCUT2D eigenvalue weighted by molar-refractivity contribution is -0.180. The second-order valence-corrected chi connectivity index (χ2v) is 10.4. The fourth-order valence-corrected chi connectivity index (χ4v) is 4.59. The van der Waals surface area contributed by atoms with Crippen molar-refractivity contribution in [3.63, 3.8) is 0 Å². The van der Waals surface area contributed by atoms with Gasteiger partial charge in [0.2, 0.25) is 0 Å². The first-order chi connectivity index (χ1) is 15.8. The highest BCUT2D eigenvalue weighted by molar-refractivity contribution is 5.67. The fraction of sp³-hybridized carbons (Fsp3) is 0.708. The standard InChI is InChI=1S/C24H31F8NO2/c1-21(2,3)11-8-18(9-12-22(25,26)27)33-13-10-17(14-19(34)35)23(28,29)20(33)15-4-6-16(7-5-15)24(30,31)32/h4-7,17-18,20H,8-14H2,1-3H3,(H,34,35)/t17-,18?,20+/m0/s1. The molecule has 0 radical (unpaired) electrons. The van der Waals surface area contributed by atoms with Gasteiger partial charge in [0, 0.05) is 18.4 Å². The summed E-state index contributed by atoms with van der Waals surface area (Å²) >= 11 is 0. The lowest BCUT2D eigenvalue weighted by Crippen LogP contribution is -2.55. The summed E-state index contributed by atoms with van der Waals surface area (Å²) in [6.07, 6.45) is -11.3. The normalized spacial score (nSPS) is 22.7. The molecule has 1 aliphatic heterocycles. The Bertz CT molecular complexity index is 825. The molecule has 1 N–H and O–H groups in total. The van der Waals surface area contributed by atoms with Gasteiger partial charge in [-0.3, -0.25) is 9.69 Å². The molecule has 1 aliphatic rings. The molecule has 0 saturated carbocycles. The molecular formula is C24H31F8NO2. The first kappa shape index (κ1) is 29.3. The lowest BCUT2D eigenvalue weighted by Gasteiger charge is -2.49. The summed E-state index contributed by atoms with van der Waals surface area (Å²) in [6, 6.07) is 0.361. The molecule has 200 valence electrons. The second kappa shape index (κ2) is 10.6. The van der Waals surface area contributed by atoms with E-state index in [2.05, 4.69) is 0 Å². The Morgan fingerprint density at radius 2 is 1.57 bits per heavy atom. The van der Waals surface area contributed by atoms with Crippen LogP contribution >= 0.6 is 0 Å². The highest BCUT2D eigenvalue weighted by Gasteiger charge is 2.55. The topological polar surface area (TPSA) is 40.5 Å². The van der Waals surface area contributed by atoms with Crippen LogP contribution < -0.4 is 0 Å². The van der Waals surface area contributed by atoms with Crippen molar-refractivity contribution in [1.29, 1.82) is 0 Å². The Morgan fingerprint density at radius 1 is 1.03 bits per heavy atom. The predicted molar refractivity (Wildman–Crippen MR) is 114 cm³/mol. The largest absolute Gasteiger partial charge is 0.481 e. The van der Waals surface area contributed by atoms with Gasteiger partial charge in [0.15, 0.2) is 0 Å². The Kier molecular flexibility index (Phi) is 8.88. The quantitative estimate of drug-likeness (QED) is 0.359. The zero-order chi connectivity index (χ0) is 26.8. The maximum atomic E-state index is 15.7. The van der Waals surface area contributed by atoms with E-state index in [9.17, 15) is 31.1 Å². The van der Waals surface area contributed by atoms with Crippen molar-refractivity contribution in [2.45, 2.75) is 89.7 Å². The molecule has 0 aliphatic carbocycles. The molecule has 1 aromatic rings. The Labute approximate surface area is 199 Å². The van der Waals surface area contributed by atoms with Crippen LogP contribution in [-0.4, -0.2) is 40.7 Å². The number of carboxylic acids is 1. The molecule has 35 heavy (non-hydrogen) atoms. The van der Waals surface area contributed by atoms with Crippen LogP contribution in [0.1, 0.15) is 76.5 Å². The third-order valence-corrected chi connectivity index (χ3v) is 6.41. The van der Waals surface area contributed by atoms with Crippen molar-refractivity contribution in [1.82, 2.24) is 4.90 Å². The lowest BCUT2D eigenvalue weighted by atomic mass is 9.79. The van der Waals surface area contributed by atoms with Crippen molar-refractivity contribution in [2.24, 2.45) is 11.3 Å². The van der Waals surface area contributed by atoms with E-state index in [4.69, 9.17) is 5.11 Å². The van der Waals surface area contributed by atoms with Crippen LogP contribution in [0, 0.1) is 11.3 Å². The number of alkyl halides is 8. The summed E-state index contributed by atoms with van der Waals surface area (Å²) < 4.78 is 110. The molecule has 1 aromatic carbocycles. The summed E-state index contributed by atoms with van der Waals surface area (Å²) in [6.45, 7) is 5.52. The molecule has 1 saturated heterocycles. The van der Waals surface area contributed by atoms with Crippen molar-refractivity contribution in [3.05, 3.63) is 35.4 Å². The number of hydrogen-bond acceptors (Lipinski definition) is 2. The number of aliphatic carboxylic acids is 1. The van der Waals surface area contributed by atoms with Gasteiger partial charge in [-0.25, -0.2) is 8.78 Å². The minimum atomic E-state index is -4.69. The maximum Gasteiger partial charge on any atom is 0.416 e. The molecule has 3 atom stereocenters. The minimum absolute atomic E-state index is 0.0914. The van der Waals surface area contributed by atoms with E-state index in [1.54, 1.807) is 0 Å². The highest BCUT2D eigenvalue weighted by Crippen LogP contribution is 2.50. The van der Waals surface area contributed by atoms with Crippen LogP contribution in [0.4, 0.5) is 35.1 Å². The molecule has 1 unspecified atom stereocenters. The predicted octanol–water partition coefficient (Wildman–Crippen LogP) is 7.72. The molecular weight excluding hydrogens is 486 g/mol. The van der Waals surface area contributed by atoms with E-state index >= 15 is 8.78 Å². The summed E-state index contributed by atoms with van der Waals surface area (Å²) in [5.41, 5.74) is -1.52. The third-order valence-electron chi connectivity index (χ3n) is 6.41. The van der Waals surface area contributed by atoms with Crippen molar-refractivity contribution < 1.29 is 45.0 Å². The molecule has 3 nitrogen and oxygen atoms in total. The van der Waals surface area contributed by atoms with Gasteiger partial charge >= 0.3 is 18.3 Å². The van der Waals surface area contributed by atoms with E-state index in [0.29, 0.717) is 18.6 Å². The van der Waals surface area contributed by atoms with Crippen molar-refractivity contribution >= 4 is 5.97 Å². The van der Waals surface area contributed by atoms with Gasteiger partial charge in [-0.1, -0.05) is 32.9 Å². The zero-order valence-electron chi connectivity index (χ0n) is 19.8. The van der Waals surface area contributed by atoms with Crippen LogP contribution in [0.25, 0.3) is 0 Å². The van der Waals surface area contributed by atoms with E-state index in [1.807, 2.05) is 20.8 Å². The van der Waals surface area contributed by atoms with Crippen molar-refractivity contribution in [2.75, 3.05) is 6.54 Å². The summed E-state index contributed by atoms with van der Waals surface area (Å²) in [5.74, 6) is -6.74. The highest BCUT2D eigenvalue weighted by atomic mass is 19.4. The number of halogens is 8. The average Bonchev–Trinajstić information content (AvgIpc) is 2.67. The zero-order valence-corrected chi connectivity index (χ0v) is 19.8. The van der Waals surface area contributed by atoms with Gasteiger partial charge in [0.25, 0.3) is 5.92 Å². The minimum Gasteiger partial charge on any atom is -0.481 e. The first-order valence-electron chi connectivity index (χ1n) is 11.4. The van der Waals surface area contributed by atoms with Crippen molar-refractivity contribution in [3.8, 4) is 0 Å². The Morgan fingerprint density at radius 3 is 2.03 bits per heavy atom. The average molecular weight is 518 g/mol. The number of carbonyl (C=O) groups is 1. The monoisotopic (exact) mass is 517 g/mol. The number of piperidine rings is 1. The number of rotatable bonds is 8. The van der Waals surface area contributed by atoms with E-state index in [1.165, 1.54) is 4.90 Å². The maximum absolute atomic E-state index is 15.7. The van der Waals surface area contributed by atoms with Gasteiger partial charge in [-0.2, -0.15) is 26.3 Å². The molecule has 1 heterocycles. The smallest absolute Gasteiger partial charge is 0.416 e. The molecule has 2 rings (SSSR count). The molecule has 0 bridgehead atoms. The van der Waals surface area contributed by atoms with Gasteiger partial charge in [-0.15, -0.1) is 0 Å². The number of benzene rings is 1. The van der Waals surface area contributed by atoms with E-state index in [0.717, 1.165) is 12.1 Å². The third kappa shape index (κ3) is 8.32. The number of carboxylic acid groups (broad SMARTS) is 1. The van der Waals surface area contributed by atoms with Gasteiger partial charge in [0.05, 0.1) is 18.0 Å². The molecule has 0 aromatic heterocycles. The van der Waals surface area contributed by atoms with E-state index < -0.39 is 67.1 Å². The van der Waals surface area contributed by atoms with Crippen LogP contribution in [0.5, 0.6) is 0 Å². The number of likely N-dealkylation sites (tertiary alicyclic amines) is 1. The molecule has 11 heteroatoms. The summed E-state index contributed by atoms with van der Waals surface area (Å²) in [4.78, 5) is 12.4. The summed E-state index contributed by atoms with van der Waals surface area (Å²) in [7, 11) is 0. The van der Waals surface area contributed by atoms with Crippen LogP contribution in [0.2, 0.25) is 0 Å². The number of nitrogens with zero attached hydrogens (tertiary/aromatic N) is 1.